The van der Waals surface area contributed by atoms with Gasteiger partial charge in [0.15, 0.2) is 5.03 Å². The SMILES string of the molecule is CNC(C)CNS(=O)(=O)c1csc(-c2cccc(Br)c2)n1. The van der Waals surface area contributed by atoms with Gasteiger partial charge in [-0.25, -0.2) is 18.1 Å². The first-order chi connectivity index (χ1) is 9.92. The lowest BCUT2D eigenvalue weighted by Crippen LogP contribution is -2.37. The van der Waals surface area contributed by atoms with Crippen LogP contribution in [0.2, 0.25) is 0 Å². The van der Waals surface area contributed by atoms with Gasteiger partial charge in [-0.3, -0.25) is 0 Å². The second-order valence-corrected chi connectivity index (χ2v) is 8.03. The Morgan fingerprint density at radius 2 is 2.19 bits per heavy atom. The molecule has 1 aromatic heterocycles. The quantitative estimate of drug-likeness (QED) is 0.795. The van der Waals surface area contributed by atoms with Gasteiger partial charge in [0.05, 0.1) is 0 Å². The lowest BCUT2D eigenvalue weighted by atomic mass is 10.2. The first kappa shape index (κ1) is 16.6. The molecule has 2 rings (SSSR count). The van der Waals surface area contributed by atoms with Crippen molar-refractivity contribution in [1.29, 1.82) is 0 Å². The van der Waals surface area contributed by atoms with E-state index in [9.17, 15) is 8.42 Å². The van der Waals surface area contributed by atoms with Crippen molar-refractivity contribution in [3.8, 4) is 10.6 Å². The second-order valence-electron chi connectivity index (χ2n) is 4.54. The predicted molar refractivity (Wildman–Crippen MR) is 89.0 cm³/mol. The first-order valence-electron chi connectivity index (χ1n) is 6.31. The average molecular weight is 390 g/mol. The van der Waals surface area contributed by atoms with E-state index in [2.05, 4.69) is 31.0 Å². The van der Waals surface area contributed by atoms with Gasteiger partial charge in [-0.15, -0.1) is 11.3 Å². The van der Waals surface area contributed by atoms with Gasteiger partial charge in [-0.2, -0.15) is 0 Å². The van der Waals surface area contributed by atoms with Crippen LogP contribution >= 0.6 is 27.3 Å². The molecule has 0 bridgehead atoms. The van der Waals surface area contributed by atoms with Crippen LogP contribution in [0.25, 0.3) is 10.6 Å². The summed E-state index contributed by atoms with van der Waals surface area (Å²) in [4.78, 5) is 4.22. The van der Waals surface area contributed by atoms with E-state index in [0.717, 1.165) is 10.0 Å². The summed E-state index contributed by atoms with van der Waals surface area (Å²) in [5.74, 6) is 0. The number of aromatic nitrogens is 1. The number of likely N-dealkylation sites (N-methyl/N-ethyl adjacent to an activating group) is 1. The Hall–Kier alpha value is -0.800. The van der Waals surface area contributed by atoms with Gasteiger partial charge in [-0.1, -0.05) is 28.1 Å². The highest BCUT2D eigenvalue weighted by atomic mass is 79.9. The van der Waals surface area contributed by atoms with Crippen molar-refractivity contribution in [1.82, 2.24) is 15.0 Å². The number of sulfonamides is 1. The van der Waals surface area contributed by atoms with Crippen molar-refractivity contribution in [3.63, 3.8) is 0 Å². The zero-order valence-corrected chi connectivity index (χ0v) is 14.8. The van der Waals surface area contributed by atoms with E-state index in [1.54, 1.807) is 12.4 Å². The van der Waals surface area contributed by atoms with Crippen LogP contribution in [0.3, 0.4) is 0 Å². The molecular formula is C13H16BrN3O2S2. The summed E-state index contributed by atoms with van der Waals surface area (Å²) in [5.41, 5.74) is 0.888. The van der Waals surface area contributed by atoms with Crippen LogP contribution in [0, 0.1) is 0 Å². The van der Waals surface area contributed by atoms with Crippen LogP contribution in [0.4, 0.5) is 0 Å². The van der Waals surface area contributed by atoms with Crippen LogP contribution < -0.4 is 10.0 Å². The summed E-state index contributed by atoms with van der Waals surface area (Å²) in [5, 5.41) is 5.27. The molecule has 0 radical (unpaired) electrons. The molecule has 21 heavy (non-hydrogen) atoms. The number of nitrogens with one attached hydrogen (secondary N) is 2. The van der Waals surface area contributed by atoms with Crippen LogP contribution in [0.15, 0.2) is 39.1 Å². The molecule has 0 saturated carbocycles. The number of nitrogens with zero attached hydrogens (tertiary/aromatic N) is 1. The maximum absolute atomic E-state index is 12.2. The number of hydrogen-bond acceptors (Lipinski definition) is 5. The fourth-order valence-electron chi connectivity index (χ4n) is 1.55. The summed E-state index contributed by atoms with van der Waals surface area (Å²) in [6.45, 7) is 2.22. The van der Waals surface area contributed by atoms with Crippen molar-refractivity contribution in [2.45, 2.75) is 18.0 Å². The molecule has 0 saturated heterocycles. The predicted octanol–water partition coefficient (Wildman–Crippen LogP) is 2.46. The van der Waals surface area contributed by atoms with Gasteiger partial charge in [0.2, 0.25) is 0 Å². The molecular weight excluding hydrogens is 374 g/mol. The first-order valence-corrected chi connectivity index (χ1v) is 9.46. The Balaban J connectivity index is 2.19. The zero-order valence-electron chi connectivity index (χ0n) is 11.6. The molecule has 0 amide bonds. The van der Waals surface area contributed by atoms with Crippen LogP contribution in [-0.2, 0) is 10.0 Å². The van der Waals surface area contributed by atoms with E-state index in [-0.39, 0.29) is 11.1 Å². The van der Waals surface area contributed by atoms with E-state index in [1.807, 2.05) is 31.2 Å². The topological polar surface area (TPSA) is 71.1 Å². The molecule has 0 fully saturated rings. The molecule has 1 aromatic carbocycles. The van der Waals surface area contributed by atoms with Crippen LogP contribution in [0.5, 0.6) is 0 Å². The highest BCUT2D eigenvalue weighted by Crippen LogP contribution is 2.27. The highest BCUT2D eigenvalue weighted by molar-refractivity contribution is 9.10. The summed E-state index contributed by atoms with van der Waals surface area (Å²) < 4.78 is 27.8. The highest BCUT2D eigenvalue weighted by Gasteiger charge is 2.19. The number of halogens is 1. The molecule has 0 spiro atoms. The summed E-state index contributed by atoms with van der Waals surface area (Å²) in [7, 11) is -1.78. The third-order valence-electron chi connectivity index (χ3n) is 2.90. The zero-order chi connectivity index (χ0) is 15.5. The number of rotatable bonds is 6. The monoisotopic (exact) mass is 389 g/mol. The molecule has 114 valence electrons. The lowest BCUT2D eigenvalue weighted by molar-refractivity contribution is 0.552. The third kappa shape index (κ3) is 4.33. The van der Waals surface area contributed by atoms with E-state index in [4.69, 9.17) is 0 Å². The number of hydrogen-bond donors (Lipinski definition) is 2. The molecule has 5 nitrogen and oxygen atoms in total. The van der Waals surface area contributed by atoms with E-state index < -0.39 is 10.0 Å². The minimum absolute atomic E-state index is 0.0583. The van der Waals surface area contributed by atoms with E-state index in [0.29, 0.717) is 11.6 Å². The summed E-state index contributed by atoms with van der Waals surface area (Å²) in [6.07, 6.45) is 0. The van der Waals surface area contributed by atoms with Gasteiger partial charge < -0.3 is 5.32 Å². The Bertz CT molecular complexity index is 716. The average Bonchev–Trinajstić information content (AvgIpc) is 2.95. The molecule has 1 atom stereocenters. The molecule has 8 heteroatoms. The number of thiazole rings is 1. The van der Waals surface area contributed by atoms with E-state index >= 15 is 0 Å². The summed E-state index contributed by atoms with van der Waals surface area (Å²) in [6, 6.07) is 7.67. The number of benzene rings is 1. The fraction of sp³-hybridized carbons (Fsp3) is 0.308. The van der Waals surface area contributed by atoms with Crippen molar-refractivity contribution in [2.24, 2.45) is 0 Å². The van der Waals surface area contributed by atoms with Crippen LogP contribution in [0.1, 0.15) is 6.92 Å². The normalized spacial score (nSPS) is 13.3. The van der Waals surface area contributed by atoms with Gasteiger partial charge >= 0.3 is 0 Å². The van der Waals surface area contributed by atoms with Gasteiger partial charge in [0.25, 0.3) is 10.0 Å². The molecule has 2 aromatic rings. The molecule has 1 heterocycles. The van der Waals surface area contributed by atoms with Crippen LogP contribution in [-0.4, -0.2) is 33.0 Å². The molecule has 0 aliphatic rings. The second kappa shape index (κ2) is 6.97. The van der Waals surface area contributed by atoms with E-state index in [1.165, 1.54) is 11.3 Å². The molecule has 2 N–H and O–H groups in total. The molecule has 1 unspecified atom stereocenters. The van der Waals surface area contributed by atoms with Gasteiger partial charge in [-0.05, 0) is 26.1 Å². The maximum atomic E-state index is 12.2. The minimum atomic E-state index is -3.57. The standard InChI is InChI=1S/C13H16BrN3O2S2/c1-9(15-2)7-16-21(18,19)12-8-20-13(17-12)10-4-3-5-11(14)6-10/h3-6,8-9,15-16H,7H2,1-2H3. The minimum Gasteiger partial charge on any atom is -0.316 e. The fourth-order valence-corrected chi connectivity index (χ4v) is 4.16. The Morgan fingerprint density at radius 3 is 2.86 bits per heavy atom. The van der Waals surface area contributed by atoms with Crippen molar-refractivity contribution in [3.05, 3.63) is 34.1 Å². The molecule has 0 aliphatic heterocycles. The van der Waals surface area contributed by atoms with Gasteiger partial charge in [0.1, 0.15) is 5.01 Å². The Morgan fingerprint density at radius 1 is 1.43 bits per heavy atom. The summed E-state index contributed by atoms with van der Waals surface area (Å²) >= 11 is 4.71. The third-order valence-corrected chi connectivity index (χ3v) is 5.74. The van der Waals surface area contributed by atoms with Crippen molar-refractivity contribution in [2.75, 3.05) is 13.6 Å². The van der Waals surface area contributed by atoms with Crippen molar-refractivity contribution >= 4 is 37.3 Å². The Kier molecular flexibility index (Phi) is 5.50. The van der Waals surface area contributed by atoms with Gasteiger partial charge in [0, 0.05) is 28.0 Å². The van der Waals surface area contributed by atoms with Crippen molar-refractivity contribution < 1.29 is 8.42 Å². The Labute approximate surface area is 137 Å². The molecule has 0 aliphatic carbocycles. The largest absolute Gasteiger partial charge is 0.316 e. The lowest BCUT2D eigenvalue weighted by Gasteiger charge is -2.10. The smallest absolute Gasteiger partial charge is 0.258 e. The maximum Gasteiger partial charge on any atom is 0.258 e.